The first kappa shape index (κ1) is 12.6. The largest absolute Gasteiger partial charge is 0.351 e. The van der Waals surface area contributed by atoms with Crippen LogP contribution in [-0.4, -0.2) is 17.4 Å². The number of amides is 1. The van der Waals surface area contributed by atoms with Crippen molar-refractivity contribution >= 4 is 21.8 Å². The zero-order chi connectivity index (χ0) is 12.3. The van der Waals surface area contributed by atoms with Gasteiger partial charge >= 0.3 is 0 Å². The van der Waals surface area contributed by atoms with Gasteiger partial charge in [-0.15, -0.1) is 0 Å². The Labute approximate surface area is 110 Å². The van der Waals surface area contributed by atoms with Gasteiger partial charge in [-0.25, -0.2) is 4.98 Å². The molecule has 4 heteroatoms. The molecule has 0 saturated heterocycles. The normalized spacial score (nSPS) is 17.3. The maximum absolute atomic E-state index is 12.0. The fourth-order valence-corrected chi connectivity index (χ4v) is 2.68. The highest BCUT2D eigenvalue weighted by molar-refractivity contribution is 9.10. The average Bonchev–Trinajstić information content (AvgIpc) is 2.28. The lowest BCUT2D eigenvalue weighted by molar-refractivity contribution is 0.0849. The molecule has 1 aromatic heterocycles. The predicted molar refractivity (Wildman–Crippen MR) is 70.8 cm³/mol. The van der Waals surface area contributed by atoms with Crippen molar-refractivity contribution in [3.63, 3.8) is 0 Å². The molecular weight excluding hydrogens is 280 g/mol. The SMILES string of the molecule is CCC1(CNC(=O)c2cccnc2Br)CCC1. The monoisotopic (exact) mass is 296 g/mol. The molecule has 1 aromatic rings. The van der Waals surface area contributed by atoms with Crippen LogP contribution in [0.15, 0.2) is 22.9 Å². The second kappa shape index (κ2) is 5.17. The molecule has 0 aromatic carbocycles. The number of hydrogen-bond acceptors (Lipinski definition) is 2. The lowest BCUT2D eigenvalue weighted by Crippen LogP contribution is -2.41. The molecule has 0 aliphatic heterocycles. The van der Waals surface area contributed by atoms with Crippen molar-refractivity contribution < 1.29 is 4.79 Å². The molecule has 0 spiro atoms. The molecule has 1 N–H and O–H groups in total. The van der Waals surface area contributed by atoms with Crippen LogP contribution in [0.5, 0.6) is 0 Å². The minimum absolute atomic E-state index is 0.0373. The number of pyridine rings is 1. The predicted octanol–water partition coefficient (Wildman–Crippen LogP) is 3.15. The van der Waals surface area contributed by atoms with E-state index < -0.39 is 0 Å². The molecule has 1 heterocycles. The molecule has 1 aliphatic carbocycles. The molecule has 0 atom stereocenters. The van der Waals surface area contributed by atoms with E-state index in [1.54, 1.807) is 18.3 Å². The number of nitrogens with zero attached hydrogens (tertiary/aromatic N) is 1. The van der Waals surface area contributed by atoms with Gasteiger partial charge in [-0.1, -0.05) is 13.3 Å². The summed E-state index contributed by atoms with van der Waals surface area (Å²) in [5.74, 6) is -0.0373. The highest BCUT2D eigenvalue weighted by Gasteiger charge is 2.35. The zero-order valence-corrected chi connectivity index (χ0v) is 11.6. The molecule has 0 unspecified atom stereocenters. The van der Waals surface area contributed by atoms with E-state index in [-0.39, 0.29) is 5.91 Å². The molecule has 1 saturated carbocycles. The number of aromatic nitrogens is 1. The molecule has 1 fully saturated rings. The molecule has 3 nitrogen and oxygen atoms in total. The fraction of sp³-hybridized carbons (Fsp3) is 0.538. The maximum atomic E-state index is 12.0. The number of rotatable bonds is 4. The standard InChI is InChI=1S/C13H17BrN2O/c1-2-13(6-4-7-13)9-16-12(17)10-5-3-8-15-11(10)14/h3,5,8H,2,4,6-7,9H2,1H3,(H,16,17). The van der Waals surface area contributed by atoms with Crippen LogP contribution in [-0.2, 0) is 0 Å². The summed E-state index contributed by atoms with van der Waals surface area (Å²) in [7, 11) is 0. The Kier molecular flexibility index (Phi) is 3.82. The maximum Gasteiger partial charge on any atom is 0.254 e. The van der Waals surface area contributed by atoms with Crippen LogP contribution < -0.4 is 5.32 Å². The molecule has 17 heavy (non-hydrogen) atoms. The molecule has 0 radical (unpaired) electrons. The van der Waals surface area contributed by atoms with Crippen molar-refractivity contribution in [3.05, 3.63) is 28.5 Å². The van der Waals surface area contributed by atoms with Crippen LogP contribution in [0.2, 0.25) is 0 Å². The highest BCUT2D eigenvalue weighted by Crippen LogP contribution is 2.43. The van der Waals surface area contributed by atoms with Crippen LogP contribution in [0.3, 0.4) is 0 Å². The number of nitrogens with one attached hydrogen (secondary N) is 1. The highest BCUT2D eigenvalue weighted by atomic mass is 79.9. The van der Waals surface area contributed by atoms with E-state index in [0.717, 1.165) is 13.0 Å². The van der Waals surface area contributed by atoms with Crippen LogP contribution in [0.4, 0.5) is 0 Å². The molecule has 1 aliphatic rings. The number of carbonyl (C=O) groups excluding carboxylic acids is 1. The Morgan fingerprint density at radius 1 is 1.59 bits per heavy atom. The summed E-state index contributed by atoms with van der Waals surface area (Å²) in [6.07, 6.45) is 6.57. The lowest BCUT2D eigenvalue weighted by Gasteiger charge is -2.41. The van der Waals surface area contributed by atoms with Gasteiger partial charge in [0.25, 0.3) is 5.91 Å². The molecule has 1 amide bonds. The first-order valence-electron chi connectivity index (χ1n) is 6.06. The smallest absolute Gasteiger partial charge is 0.254 e. The fourth-order valence-electron chi connectivity index (χ4n) is 2.25. The van der Waals surface area contributed by atoms with Crippen molar-refractivity contribution in [3.8, 4) is 0 Å². The van der Waals surface area contributed by atoms with E-state index in [0.29, 0.717) is 15.6 Å². The van der Waals surface area contributed by atoms with E-state index in [1.807, 2.05) is 0 Å². The Bertz CT molecular complexity index is 410. The Hall–Kier alpha value is -0.900. The summed E-state index contributed by atoms with van der Waals surface area (Å²) in [4.78, 5) is 16.0. The number of hydrogen-bond donors (Lipinski definition) is 1. The van der Waals surface area contributed by atoms with Crippen LogP contribution >= 0.6 is 15.9 Å². The van der Waals surface area contributed by atoms with Crippen molar-refractivity contribution in [1.82, 2.24) is 10.3 Å². The van der Waals surface area contributed by atoms with Crippen molar-refractivity contribution in [2.24, 2.45) is 5.41 Å². The summed E-state index contributed by atoms with van der Waals surface area (Å²) in [5.41, 5.74) is 0.961. The van der Waals surface area contributed by atoms with Gasteiger partial charge in [0.15, 0.2) is 0 Å². The summed E-state index contributed by atoms with van der Waals surface area (Å²) in [5, 5.41) is 3.02. The van der Waals surface area contributed by atoms with E-state index in [9.17, 15) is 4.79 Å². The Morgan fingerprint density at radius 2 is 2.35 bits per heavy atom. The van der Waals surface area contributed by atoms with E-state index in [1.165, 1.54) is 19.3 Å². The number of halogens is 1. The van der Waals surface area contributed by atoms with Gasteiger partial charge in [0.05, 0.1) is 5.56 Å². The lowest BCUT2D eigenvalue weighted by atomic mass is 9.67. The van der Waals surface area contributed by atoms with Gasteiger partial charge in [-0.3, -0.25) is 4.79 Å². The van der Waals surface area contributed by atoms with Crippen LogP contribution in [0.1, 0.15) is 43.0 Å². The van der Waals surface area contributed by atoms with E-state index >= 15 is 0 Å². The minimum Gasteiger partial charge on any atom is -0.351 e. The summed E-state index contributed by atoms with van der Waals surface area (Å²) in [6.45, 7) is 2.98. The number of carbonyl (C=O) groups is 1. The third-order valence-electron chi connectivity index (χ3n) is 3.79. The first-order valence-corrected chi connectivity index (χ1v) is 6.85. The van der Waals surface area contributed by atoms with Gasteiger partial charge in [-0.05, 0) is 52.7 Å². The van der Waals surface area contributed by atoms with Crippen molar-refractivity contribution in [2.75, 3.05) is 6.54 Å². The molecular formula is C13H17BrN2O. The summed E-state index contributed by atoms with van der Waals surface area (Å²) < 4.78 is 0.608. The molecule has 0 bridgehead atoms. The third kappa shape index (κ3) is 2.68. The molecule has 92 valence electrons. The summed E-state index contributed by atoms with van der Waals surface area (Å²) in [6, 6.07) is 3.56. The Balaban J connectivity index is 1.96. The van der Waals surface area contributed by atoms with Crippen molar-refractivity contribution in [2.45, 2.75) is 32.6 Å². The van der Waals surface area contributed by atoms with E-state index in [4.69, 9.17) is 0 Å². The summed E-state index contributed by atoms with van der Waals surface area (Å²) >= 11 is 3.29. The average molecular weight is 297 g/mol. The van der Waals surface area contributed by atoms with Crippen LogP contribution in [0, 0.1) is 5.41 Å². The quantitative estimate of drug-likeness (QED) is 0.867. The van der Waals surface area contributed by atoms with Gasteiger partial charge in [0, 0.05) is 12.7 Å². The van der Waals surface area contributed by atoms with Gasteiger partial charge in [0.1, 0.15) is 4.60 Å². The third-order valence-corrected chi connectivity index (χ3v) is 4.42. The van der Waals surface area contributed by atoms with Gasteiger partial charge < -0.3 is 5.32 Å². The van der Waals surface area contributed by atoms with Gasteiger partial charge in [0.2, 0.25) is 0 Å². The Morgan fingerprint density at radius 3 is 2.88 bits per heavy atom. The van der Waals surface area contributed by atoms with Crippen molar-refractivity contribution in [1.29, 1.82) is 0 Å². The van der Waals surface area contributed by atoms with Gasteiger partial charge in [-0.2, -0.15) is 0 Å². The zero-order valence-electron chi connectivity index (χ0n) is 10.0. The minimum atomic E-state index is -0.0373. The first-order chi connectivity index (χ1) is 8.17. The van der Waals surface area contributed by atoms with Crippen LogP contribution in [0.25, 0.3) is 0 Å². The van der Waals surface area contributed by atoms with E-state index in [2.05, 4.69) is 33.2 Å². The topological polar surface area (TPSA) is 42.0 Å². The second-order valence-corrected chi connectivity index (χ2v) is 5.48. The molecule has 2 rings (SSSR count). The second-order valence-electron chi connectivity index (χ2n) is 4.73.